The van der Waals surface area contributed by atoms with Crippen LogP contribution in [0.1, 0.15) is 34.7 Å². The molecular formula is C28H29N5O3S2. The molecule has 2 atom stereocenters. The molecule has 1 aliphatic heterocycles. The fraction of sp³-hybridized carbons (Fsp3) is 0.214. The number of rotatable bonds is 7. The van der Waals surface area contributed by atoms with Gasteiger partial charge in [0.25, 0.3) is 0 Å². The Morgan fingerprint density at radius 3 is 2.42 bits per heavy atom. The van der Waals surface area contributed by atoms with E-state index in [4.69, 9.17) is 17.0 Å². The van der Waals surface area contributed by atoms with Crippen molar-refractivity contribution in [3.63, 3.8) is 0 Å². The van der Waals surface area contributed by atoms with Crippen LogP contribution in [-0.2, 0) is 10.0 Å². The van der Waals surface area contributed by atoms with Crippen LogP contribution in [-0.4, -0.2) is 36.4 Å². The predicted molar refractivity (Wildman–Crippen MR) is 155 cm³/mol. The number of hydrogen-bond acceptors (Lipinski definition) is 5. The maximum absolute atomic E-state index is 11.7. The van der Waals surface area contributed by atoms with Crippen molar-refractivity contribution >= 4 is 38.7 Å². The van der Waals surface area contributed by atoms with Gasteiger partial charge in [-0.3, -0.25) is 9.71 Å². The summed E-state index contributed by atoms with van der Waals surface area (Å²) in [4.78, 5) is 6.72. The number of nitrogens with zero attached hydrogens (tertiary/aromatic N) is 3. The van der Waals surface area contributed by atoms with Gasteiger partial charge in [0.05, 0.1) is 31.1 Å². The Bertz CT molecular complexity index is 1580. The highest BCUT2D eigenvalue weighted by Gasteiger charge is 2.42. The third kappa shape index (κ3) is 4.97. The van der Waals surface area contributed by atoms with Crippen LogP contribution in [0, 0.1) is 13.8 Å². The van der Waals surface area contributed by atoms with Crippen LogP contribution >= 0.6 is 12.2 Å². The Morgan fingerprint density at radius 2 is 1.76 bits per heavy atom. The van der Waals surface area contributed by atoms with Gasteiger partial charge in [0, 0.05) is 40.7 Å². The molecule has 3 heterocycles. The summed E-state index contributed by atoms with van der Waals surface area (Å²) in [5.41, 5.74) is 6.48. The fourth-order valence-corrected chi connectivity index (χ4v) is 6.00. The number of aryl methyl sites for hydroxylation is 1. The summed E-state index contributed by atoms with van der Waals surface area (Å²) in [5.74, 6) is 0.788. The van der Waals surface area contributed by atoms with E-state index in [2.05, 4.69) is 50.5 Å². The predicted octanol–water partition coefficient (Wildman–Crippen LogP) is 5.05. The molecule has 10 heteroatoms. The zero-order valence-electron chi connectivity index (χ0n) is 21.5. The first-order valence-electron chi connectivity index (χ1n) is 12.1. The molecule has 5 rings (SSSR count). The van der Waals surface area contributed by atoms with Crippen LogP contribution in [0.3, 0.4) is 0 Å². The van der Waals surface area contributed by atoms with E-state index in [0.29, 0.717) is 10.8 Å². The zero-order chi connectivity index (χ0) is 27.0. The molecule has 2 N–H and O–H groups in total. The van der Waals surface area contributed by atoms with Crippen LogP contribution in [0.15, 0.2) is 79.0 Å². The summed E-state index contributed by atoms with van der Waals surface area (Å²) in [6, 6.07) is 22.9. The topological polar surface area (TPSA) is 88.5 Å². The Kier molecular flexibility index (Phi) is 6.85. The van der Waals surface area contributed by atoms with Crippen molar-refractivity contribution in [3.8, 4) is 11.4 Å². The molecule has 2 aromatic carbocycles. The number of benzene rings is 2. The molecule has 0 amide bonds. The lowest BCUT2D eigenvalue weighted by Gasteiger charge is -2.28. The molecule has 4 aromatic rings. The second kappa shape index (κ2) is 10.1. The average Bonchev–Trinajstić information content (AvgIpc) is 3.39. The van der Waals surface area contributed by atoms with Gasteiger partial charge < -0.3 is 19.5 Å². The van der Waals surface area contributed by atoms with Gasteiger partial charge in [-0.05, 0) is 86.2 Å². The number of aromatic nitrogens is 2. The normalized spacial score (nSPS) is 17.4. The molecule has 38 heavy (non-hydrogen) atoms. The lowest BCUT2D eigenvalue weighted by Crippen LogP contribution is -2.29. The first-order chi connectivity index (χ1) is 18.2. The highest BCUT2D eigenvalue weighted by molar-refractivity contribution is 7.92. The van der Waals surface area contributed by atoms with E-state index in [9.17, 15) is 8.42 Å². The molecular weight excluding hydrogens is 518 g/mol. The average molecular weight is 548 g/mol. The fourth-order valence-electron chi connectivity index (χ4n) is 5.09. The Labute approximate surface area is 228 Å². The standard InChI is InChI=1S/C28H29N5O3S2/c1-18-16-24(19(2)32(18)22-8-7-9-23(17-22)36-3)27-26(25-10-5-6-15-29-25)30-28(37)33(27)21-13-11-20(12-14-21)31-38(4,34)35/h5-17,26-27,31H,1-4H3,(H,30,37)/t26-,27-/m1/s1. The minimum Gasteiger partial charge on any atom is -0.497 e. The van der Waals surface area contributed by atoms with Crippen LogP contribution in [0.4, 0.5) is 11.4 Å². The summed E-state index contributed by atoms with van der Waals surface area (Å²) >= 11 is 5.86. The lowest BCUT2D eigenvalue weighted by atomic mass is 9.96. The van der Waals surface area contributed by atoms with Gasteiger partial charge in [-0.1, -0.05) is 12.1 Å². The molecule has 1 saturated heterocycles. The van der Waals surface area contributed by atoms with Gasteiger partial charge in [-0.15, -0.1) is 0 Å². The van der Waals surface area contributed by atoms with Crippen molar-refractivity contribution in [2.75, 3.05) is 23.0 Å². The third-order valence-electron chi connectivity index (χ3n) is 6.65. The first-order valence-corrected chi connectivity index (χ1v) is 14.4. The molecule has 0 radical (unpaired) electrons. The highest BCUT2D eigenvalue weighted by Crippen LogP contribution is 2.44. The third-order valence-corrected chi connectivity index (χ3v) is 7.57. The van der Waals surface area contributed by atoms with Crippen LogP contribution in [0.5, 0.6) is 5.75 Å². The largest absolute Gasteiger partial charge is 0.497 e. The molecule has 196 valence electrons. The number of anilines is 2. The van der Waals surface area contributed by atoms with Crippen molar-refractivity contribution in [2.45, 2.75) is 25.9 Å². The number of sulfonamides is 1. The Hall–Kier alpha value is -3.89. The second-order valence-corrected chi connectivity index (χ2v) is 11.4. The summed E-state index contributed by atoms with van der Waals surface area (Å²) in [6.07, 6.45) is 2.91. The van der Waals surface area contributed by atoms with E-state index in [-0.39, 0.29) is 12.1 Å². The maximum atomic E-state index is 11.7. The molecule has 0 bridgehead atoms. The Balaban J connectivity index is 1.62. The van der Waals surface area contributed by atoms with Gasteiger partial charge in [0.1, 0.15) is 5.75 Å². The van der Waals surface area contributed by atoms with Gasteiger partial charge in [0.15, 0.2) is 5.11 Å². The minimum absolute atomic E-state index is 0.197. The summed E-state index contributed by atoms with van der Waals surface area (Å²) < 4.78 is 33.6. The smallest absolute Gasteiger partial charge is 0.229 e. The van der Waals surface area contributed by atoms with Gasteiger partial charge >= 0.3 is 0 Å². The van der Waals surface area contributed by atoms with Gasteiger partial charge in [0.2, 0.25) is 10.0 Å². The quantitative estimate of drug-likeness (QED) is 0.313. The zero-order valence-corrected chi connectivity index (χ0v) is 23.2. The van der Waals surface area contributed by atoms with Crippen LogP contribution < -0.4 is 19.7 Å². The highest BCUT2D eigenvalue weighted by atomic mass is 32.2. The van der Waals surface area contributed by atoms with Crippen molar-refractivity contribution in [2.24, 2.45) is 0 Å². The minimum atomic E-state index is -3.38. The molecule has 2 aromatic heterocycles. The SMILES string of the molecule is COc1cccc(-n2c(C)cc([C@@H]3[C@@H](c4ccccn4)NC(=S)N3c3ccc(NS(C)(=O)=O)cc3)c2C)c1. The number of nitrogens with one attached hydrogen (secondary N) is 2. The van der Waals surface area contributed by atoms with E-state index >= 15 is 0 Å². The second-order valence-electron chi connectivity index (χ2n) is 9.28. The summed E-state index contributed by atoms with van der Waals surface area (Å²) in [5, 5.41) is 4.06. The van der Waals surface area contributed by atoms with Crippen molar-refractivity contribution in [1.82, 2.24) is 14.9 Å². The van der Waals surface area contributed by atoms with Crippen LogP contribution in [0.2, 0.25) is 0 Å². The number of thiocarbonyl (C=S) groups is 1. The van der Waals surface area contributed by atoms with E-state index in [1.54, 1.807) is 25.4 Å². The molecule has 0 aliphatic carbocycles. The summed E-state index contributed by atoms with van der Waals surface area (Å²) in [6.45, 7) is 4.19. The Morgan fingerprint density at radius 1 is 1.00 bits per heavy atom. The molecule has 1 fully saturated rings. The maximum Gasteiger partial charge on any atom is 0.229 e. The number of methoxy groups -OCH3 is 1. The monoisotopic (exact) mass is 547 g/mol. The van der Waals surface area contributed by atoms with E-state index in [0.717, 1.165) is 46.0 Å². The number of pyridine rings is 1. The molecule has 8 nitrogen and oxygen atoms in total. The van der Waals surface area contributed by atoms with Crippen molar-refractivity contribution in [3.05, 3.63) is 102 Å². The van der Waals surface area contributed by atoms with Crippen molar-refractivity contribution < 1.29 is 13.2 Å². The van der Waals surface area contributed by atoms with Crippen LogP contribution in [0.25, 0.3) is 5.69 Å². The molecule has 0 spiro atoms. The first kappa shape index (κ1) is 25.7. The van der Waals surface area contributed by atoms with E-state index < -0.39 is 10.0 Å². The molecule has 0 saturated carbocycles. The lowest BCUT2D eigenvalue weighted by molar-refractivity contribution is 0.414. The van der Waals surface area contributed by atoms with E-state index in [1.807, 2.05) is 48.5 Å². The number of ether oxygens (including phenoxy) is 1. The number of hydrogen-bond donors (Lipinski definition) is 2. The molecule has 0 unspecified atom stereocenters. The van der Waals surface area contributed by atoms with Gasteiger partial charge in [-0.25, -0.2) is 8.42 Å². The van der Waals surface area contributed by atoms with E-state index in [1.165, 1.54) is 0 Å². The van der Waals surface area contributed by atoms with Crippen molar-refractivity contribution in [1.29, 1.82) is 0 Å². The summed E-state index contributed by atoms with van der Waals surface area (Å²) in [7, 11) is -1.72. The molecule has 1 aliphatic rings. The van der Waals surface area contributed by atoms with Gasteiger partial charge in [-0.2, -0.15) is 0 Å².